The van der Waals surface area contributed by atoms with Crippen LogP contribution in [0.2, 0.25) is 5.02 Å². The predicted molar refractivity (Wildman–Crippen MR) is 91.7 cm³/mol. The van der Waals surface area contributed by atoms with Crippen molar-refractivity contribution in [1.29, 1.82) is 5.26 Å². The van der Waals surface area contributed by atoms with E-state index in [-0.39, 0.29) is 35.6 Å². The van der Waals surface area contributed by atoms with Crippen LogP contribution in [0.5, 0.6) is 0 Å². The Morgan fingerprint density at radius 1 is 1.28 bits per heavy atom. The number of benzene rings is 2. The van der Waals surface area contributed by atoms with Crippen molar-refractivity contribution in [1.82, 2.24) is 0 Å². The van der Waals surface area contributed by atoms with Gasteiger partial charge < -0.3 is 10.2 Å². The van der Waals surface area contributed by atoms with E-state index in [1.54, 1.807) is 6.07 Å². The van der Waals surface area contributed by atoms with Crippen LogP contribution in [-0.4, -0.2) is 18.4 Å². The lowest BCUT2D eigenvalue weighted by atomic mass is 10.1. The molecule has 2 aromatic rings. The maximum absolute atomic E-state index is 13.0. The number of anilines is 2. The smallest absolute Gasteiger partial charge is 0.229 e. The standard InChI is InChI=1S/C18H13ClFN3O2/c19-16-8-14(4-1-11(16)9-21)22-18(25)12-7-17(24)23(10-12)15-5-2-13(20)3-6-15/h1-6,8,12H,7,10H2,(H,22,25)/t12-/m0/s1. The molecule has 126 valence electrons. The maximum atomic E-state index is 13.0. The fraction of sp³-hybridized carbons (Fsp3) is 0.167. The second-order valence-electron chi connectivity index (χ2n) is 5.68. The van der Waals surface area contributed by atoms with Gasteiger partial charge in [0.25, 0.3) is 0 Å². The van der Waals surface area contributed by atoms with E-state index in [9.17, 15) is 14.0 Å². The maximum Gasteiger partial charge on any atom is 0.229 e. The molecule has 1 N–H and O–H groups in total. The number of nitrogens with one attached hydrogen (secondary N) is 1. The van der Waals surface area contributed by atoms with Gasteiger partial charge in [0, 0.05) is 24.3 Å². The molecule has 0 radical (unpaired) electrons. The minimum absolute atomic E-state index is 0.0766. The minimum Gasteiger partial charge on any atom is -0.326 e. The Hall–Kier alpha value is -2.91. The lowest BCUT2D eigenvalue weighted by Gasteiger charge is -2.16. The van der Waals surface area contributed by atoms with Crippen molar-refractivity contribution < 1.29 is 14.0 Å². The van der Waals surface area contributed by atoms with Gasteiger partial charge >= 0.3 is 0 Å². The average molecular weight is 358 g/mol. The van der Waals surface area contributed by atoms with Crippen LogP contribution in [0.1, 0.15) is 12.0 Å². The molecule has 1 heterocycles. The average Bonchev–Trinajstić information content (AvgIpc) is 2.98. The molecule has 1 aliphatic rings. The lowest BCUT2D eigenvalue weighted by Crippen LogP contribution is -2.28. The highest BCUT2D eigenvalue weighted by Gasteiger charge is 2.35. The number of amides is 2. The second-order valence-corrected chi connectivity index (χ2v) is 6.08. The summed E-state index contributed by atoms with van der Waals surface area (Å²) >= 11 is 5.95. The van der Waals surface area contributed by atoms with Gasteiger partial charge in [-0.1, -0.05) is 11.6 Å². The van der Waals surface area contributed by atoms with Crippen LogP contribution in [0, 0.1) is 23.1 Å². The molecular formula is C18H13ClFN3O2. The first kappa shape index (κ1) is 16.9. The molecule has 0 bridgehead atoms. The molecule has 25 heavy (non-hydrogen) atoms. The molecule has 2 aromatic carbocycles. The van der Waals surface area contributed by atoms with Crippen LogP contribution in [0.25, 0.3) is 0 Å². The van der Waals surface area contributed by atoms with Gasteiger partial charge in [-0.25, -0.2) is 4.39 Å². The number of nitrogens with zero attached hydrogens (tertiary/aromatic N) is 2. The molecule has 0 saturated carbocycles. The van der Waals surface area contributed by atoms with Crippen LogP contribution in [-0.2, 0) is 9.59 Å². The number of hydrogen-bond donors (Lipinski definition) is 1. The third-order valence-corrected chi connectivity index (χ3v) is 4.30. The molecule has 0 aromatic heterocycles. The van der Waals surface area contributed by atoms with Crippen molar-refractivity contribution in [3.63, 3.8) is 0 Å². The van der Waals surface area contributed by atoms with E-state index in [1.165, 1.54) is 41.3 Å². The van der Waals surface area contributed by atoms with Crippen LogP contribution < -0.4 is 10.2 Å². The first-order chi connectivity index (χ1) is 12.0. The summed E-state index contributed by atoms with van der Waals surface area (Å²) in [4.78, 5) is 26.0. The van der Waals surface area contributed by atoms with E-state index in [2.05, 4.69) is 5.32 Å². The highest BCUT2D eigenvalue weighted by molar-refractivity contribution is 6.32. The first-order valence-electron chi connectivity index (χ1n) is 7.54. The van der Waals surface area contributed by atoms with Gasteiger partial charge in [0.1, 0.15) is 11.9 Å². The summed E-state index contributed by atoms with van der Waals surface area (Å²) in [5, 5.41) is 11.8. The van der Waals surface area contributed by atoms with Crippen molar-refractivity contribution in [3.05, 3.63) is 58.9 Å². The summed E-state index contributed by atoms with van der Waals surface area (Å²) in [7, 11) is 0. The summed E-state index contributed by atoms with van der Waals surface area (Å²) in [6.45, 7) is 0.223. The Bertz CT molecular complexity index is 877. The Labute approximate surface area is 148 Å². The quantitative estimate of drug-likeness (QED) is 0.915. The second kappa shape index (κ2) is 6.91. The molecule has 5 nitrogen and oxygen atoms in total. The van der Waals surface area contributed by atoms with E-state index in [0.29, 0.717) is 16.9 Å². The molecule has 0 unspecified atom stereocenters. The lowest BCUT2D eigenvalue weighted by molar-refractivity contribution is -0.122. The molecule has 1 atom stereocenters. The number of hydrogen-bond acceptors (Lipinski definition) is 3. The Kier molecular flexibility index (Phi) is 4.68. The zero-order chi connectivity index (χ0) is 18.0. The zero-order valence-corrected chi connectivity index (χ0v) is 13.8. The molecule has 0 spiro atoms. The van der Waals surface area contributed by atoms with Crippen molar-refractivity contribution in [2.24, 2.45) is 5.92 Å². The minimum atomic E-state index is -0.521. The van der Waals surface area contributed by atoms with Crippen LogP contribution in [0.15, 0.2) is 42.5 Å². The number of halogens is 2. The van der Waals surface area contributed by atoms with Gasteiger partial charge in [-0.2, -0.15) is 5.26 Å². The SMILES string of the molecule is N#Cc1ccc(NC(=O)[C@H]2CC(=O)N(c3ccc(F)cc3)C2)cc1Cl. The van der Waals surface area contributed by atoms with E-state index in [0.717, 1.165) is 0 Å². The highest BCUT2D eigenvalue weighted by Crippen LogP contribution is 2.27. The van der Waals surface area contributed by atoms with E-state index in [1.807, 2.05) is 6.07 Å². The van der Waals surface area contributed by atoms with Crippen LogP contribution in [0.3, 0.4) is 0 Å². The van der Waals surface area contributed by atoms with E-state index in [4.69, 9.17) is 16.9 Å². The van der Waals surface area contributed by atoms with Gasteiger partial charge in [0.2, 0.25) is 11.8 Å². The van der Waals surface area contributed by atoms with Crippen molar-refractivity contribution >= 4 is 34.8 Å². The van der Waals surface area contributed by atoms with Gasteiger partial charge in [-0.3, -0.25) is 9.59 Å². The summed E-state index contributed by atoms with van der Waals surface area (Å²) in [6, 6.07) is 12.1. The van der Waals surface area contributed by atoms with E-state index < -0.39 is 5.92 Å². The molecule has 1 fully saturated rings. The van der Waals surface area contributed by atoms with Gasteiger partial charge in [0.05, 0.1) is 16.5 Å². The molecule has 2 amide bonds. The normalized spacial score (nSPS) is 16.6. The number of rotatable bonds is 3. The Morgan fingerprint density at radius 3 is 2.64 bits per heavy atom. The summed E-state index contributed by atoms with van der Waals surface area (Å²) in [5.74, 6) is -1.40. The summed E-state index contributed by atoms with van der Waals surface area (Å²) < 4.78 is 13.0. The third-order valence-electron chi connectivity index (χ3n) is 3.99. The van der Waals surface area contributed by atoms with Crippen LogP contribution >= 0.6 is 11.6 Å². The van der Waals surface area contributed by atoms with E-state index >= 15 is 0 Å². The Morgan fingerprint density at radius 2 is 2.00 bits per heavy atom. The number of carbonyl (C=O) groups excluding carboxylic acids is 2. The molecule has 0 aliphatic carbocycles. The van der Waals surface area contributed by atoms with Crippen molar-refractivity contribution in [2.75, 3.05) is 16.8 Å². The fourth-order valence-electron chi connectivity index (χ4n) is 2.68. The summed E-state index contributed by atoms with van der Waals surface area (Å²) in [5.41, 5.74) is 1.34. The van der Waals surface area contributed by atoms with Crippen molar-refractivity contribution in [2.45, 2.75) is 6.42 Å². The first-order valence-corrected chi connectivity index (χ1v) is 7.92. The third kappa shape index (κ3) is 3.62. The van der Waals surface area contributed by atoms with Crippen LogP contribution in [0.4, 0.5) is 15.8 Å². The topological polar surface area (TPSA) is 73.2 Å². The van der Waals surface area contributed by atoms with Gasteiger partial charge in [-0.05, 0) is 42.5 Å². The molecule has 7 heteroatoms. The monoisotopic (exact) mass is 357 g/mol. The fourth-order valence-corrected chi connectivity index (χ4v) is 2.90. The van der Waals surface area contributed by atoms with Gasteiger partial charge in [-0.15, -0.1) is 0 Å². The highest BCUT2D eigenvalue weighted by atomic mass is 35.5. The Balaban J connectivity index is 1.69. The molecule has 1 saturated heterocycles. The molecule has 3 rings (SSSR count). The van der Waals surface area contributed by atoms with Gasteiger partial charge in [0.15, 0.2) is 0 Å². The molecule has 1 aliphatic heterocycles. The largest absolute Gasteiger partial charge is 0.326 e. The van der Waals surface area contributed by atoms with Crippen molar-refractivity contribution in [3.8, 4) is 6.07 Å². The predicted octanol–water partition coefficient (Wildman–Crippen LogP) is 3.34. The zero-order valence-electron chi connectivity index (χ0n) is 13.0. The number of carbonyl (C=O) groups is 2. The molecular weight excluding hydrogens is 345 g/mol. The number of nitriles is 1. The summed E-state index contributed by atoms with van der Waals surface area (Å²) in [6.07, 6.45) is 0.0766.